The van der Waals surface area contributed by atoms with Crippen molar-refractivity contribution in [2.45, 2.75) is 39.2 Å². The highest BCUT2D eigenvalue weighted by atomic mass is 16.4. The van der Waals surface area contributed by atoms with Crippen LogP contribution in [-0.4, -0.2) is 52.6 Å². The lowest BCUT2D eigenvalue weighted by molar-refractivity contribution is -0.143. The maximum absolute atomic E-state index is 12.4. The molecule has 2 heterocycles. The molecular weight excluding hydrogens is 244 g/mol. The first-order chi connectivity index (χ1) is 8.99. The van der Waals surface area contributed by atoms with E-state index in [1.807, 2.05) is 16.7 Å². The number of piperidine rings is 1. The van der Waals surface area contributed by atoms with Gasteiger partial charge in [-0.3, -0.25) is 4.79 Å². The van der Waals surface area contributed by atoms with Crippen LogP contribution in [0.5, 0.6) is 0 Å². The van der Waals surface area contributed by atoms with Crippen molar-refractivity contribution in [3.63, 3.8) is 0 Å². The summed E-state index contributed by atoms with van der Waals surface area (Å²) >= 11 is 0. The first kappa shape index (κ1) is 13.9. The Bertz CT molecular complexity index is 405. The van der Waals surface area contributed by atoms with E-state index in [9.17, 15) is 9.59 Å². The Morgan fingerprint density at radius 1 is 1.37 bits per heavy atom. The van der Waals surface area contributed by atoms with E-state index in [0.717, 1.165) is 13.0 Å². The van der Waals surface area contributed by atoms with Crippen molar-refractivity contribution in [1.82, 2.24) is 9.80 Å². The fourth-order valence-electron chi connectivity index (χ4n) is 2.81. The van der Waals surface area contributed by atoms with Crippen molar-refractivity contribution in [3.05, 3.63) is 11.6 Å². The second-order valence-corrected chi connectivity index (χ2v) is 5.63. The number of carboxylic acids is 1. The van der Waals surface area contributed by atoms with E-state index < -0.39 is 5.97 Å². The van der Waals surface area contributed by atoms with Gasteiger partial charge in [0, 0.05) is 25.7 Å². The average molecular weight is 266 g/mol. The number of amides is 2. The molecule has 0 bridgehead atoms. The van der Waals surface area contributed by atoms with E-state index in [1.54, 1.807) is 0 Å². The van der Waals surface area contributed by atoms with E-state index >= 15 is 0 Å². The normalized spacial score (nSPS) is 28.0. The van der Waals surface area contributed by atoms with Crippen LogP contribution in [-0.2, 0) is 4.79 Å². The minimum atomic E-state index is -0.740. The van der Waals surface area contributed by atoms with Gasteiger partial charge in [-0.05, 0) is 33.1 Å². The third-order valence-corrected chi connectivity index (χ3v) is 4.18. The van der Waals surface area contributed by atoms with Gasteiger partial charge in [0.2, 0.25) is 0 Å². The highest BCUT2D eigenvalue weighted by Gasteiger charge is 2.34. The van der Waals surface area contributed by atoms with Crippen LogP contribution in [0.1, 0.15) is 33.1 Å². The molecule has 5 heteroatoms. The zero-order chi connectivity index (χ0) is 14.0. The molecule has 2 amide bonds. The molecule has 1 N–H and O–H groups in total. The van der Waals surface area contributed by atoms with E-state index in [-0.39, 0.29) is 18.0 Å². The lowest BCUT2D eigenvalue weighted by atomic mass is 9.92. The minimum Gasteiger partial charge on any atom is -0.481 e. The second-order valence-electron chi connectivity index (χ2n) is 5.63. The maximum Gasteiger partial charge on any atom is 0.320 e. The molecule has 19 heavy (non-hydrogen) atoms. The van der Waals surface area contributed by atoms with Gasteiger partial charge in [-0.25, -0.2) is 4.79 Å². The molecule has 0 aromatic carbocycles. The van der Waals surface area contributed by atoms with Crippen LogP contribution in [0.3, 0.4) is 0 Å². The zero-order valence-corrected chi connectivity index (χ0v) is 11.6. The van der Waals surface area contributed by atoms with Crippen LogP contribution < -0.4 is 0 Å². The third kappa shape index (κ3) is 3.08. The number of carbonyl (C=O) groups excluding carboxylic acids is 1. The predicted molar refractivity (Wildman–Crippen MR) is 71.9 cm³/mol. The molecule has 2 aliphatic rings. The first-order valence-electron chi connectivity index (χ1n) is 6.93. The SMILES string of the molecule is CC1=CCN(C(=O)N2CCC(C(=O)O)CC2C)CC1. The molecule has 2 aliphatic heterocycles. The Morgan fingerprint density at radius 2 is 2.11 bits per heavy atom. The Labute approximate surface area is 113 Å². The molecule has 0 saturated carbocycles. The van der Waals surface area contributed by atoms with E-state index in [1.165, 1.54) is 5.57 Å². The Kier molecular flexibility index (Phi) is 4.12. The standard InChI is InChI=1S/C14H22N2O3/c1-10-3-6-15(7-4-10)14(19)16-8-5-12(13(17)18)9-11(16)2/h3,11-12H,4-9H2,1-2H3,(H,17,18). The fourth-order valence-corrected chi connectivity index (χ4v) is 2.81. The van der Waals surface area contributed by atoms with Gasteiger partial charge in [0.25, 0.3) is 0 Å². The second kappa shape index (κ2) is 5.63. The molecule has 0 spiro atoms. The Hall–Kier alpha value is -1.52. The summed E-state index contributed by atoms with van der Waals surface area (Å²) in [5.74, 6) is -1.04. The van der Waals surface area contributed by atoms with Crippen LogP contribution in [0.4, 0.5) is 4.79 Å². The van der Waals surface area contributed by atoms with Crippen molar-refractivity contribution in [2.75, 3.05) is 19.6 Å². The number of aliphatic carboxylic acids is 1. The number of hydrogen-bond donors (Lipinski definition) is 1. The molecule has 0 aromatic heterocycles. The molecule has 0 radical (unpaired) electrons. The lowest BCUT2D eigenvalue weighted by Crippen LogP contribution is -2.52. The van der Waals surface area contributed by atoms with Crippen LogP contribution >= 0.6 is 0 Å². The monoisotopic (exact) mass is 266 g/mol. The molecule has 106 valence electrons. The molecule has 0 aliphatic carbocycles. The Balaban J connectivity index is 1.95. The van der Waals surface area contributed by atoms with Crippen molar-refractivity contribution >= 4 is 12.0 Å². The first-order valence-corrected chi connectivity index (χ1v) is 6.93. The third-order valence-electron chi connectivity index (χ3n) is 4.18. The number of carbonyl (C=O) groups is 2. The summed E-state index contributed by atoms with van der Waals surface area (Å²) in [4.78, 5) is 27.1. The van der Waals surface area contributed by atoms with Gasteiger partial charge >= 0.3 is 12.0 Å². The predicted octanol–water partition coefficient (Wildman–Crippen LogP) is 1.94. The fraction of sp³-hybridized carbons (Fsp3) is 0.714. The Morgan fingerprint density at radius 3 is 2.63 bits per heavy atom. The molecule has 2 rings (SSSR count). The van der Waals surface area contributed by atoms with Gasteiger partial charge in [0.05, 0.1) is 5.92 Å². The largest absolute Gasteiger partial charge is 0.481 e. The minimum absolute atomic E-state index is 0.00866. The molecule has 1 fully saturated rings. The van der Waals surface area contributed by atoms with Crippen LogP contribution in [0, 0.1) is 5.92 Å². The van der Waals surface area contributed by atoms with Crippen molar-refractivity contribution in [3.8, 4) is 0 Å². The summed E-state index contributed by atoms with van der Waals surface area (Å²) in [6.07, 6.45) is 4.15. The molecule has 2 atom stereocenters. The van der Waals surface area contributed by atoms with E-state index in [2.05, 4.69) is 13.0 Å². The quantitative estimate of drug-likeness (QED) is 0.738. The van der Waals surface area contributed by atoms with E-state index in [0.29, 0.717) is 25.9 Å². The van der Waals surface area contributed by atoms with Gasteiger partial charge in [0.1, 0.15) is 0 Å². The van der Waals surface area contributed by atoms with Crippen molar-refractivity contribution < 1.29 is 14.7 Å². The number of urea groups is 1. The van der Waals surface area contributed by atoms with Crippen LogP contribution in [0.15, 0.2) is 11.6 Å². The summed E-state index contributed by atoms with van der Waals surface area (Å²) in [6, 6.07) is 0.0643. The number of likely N-dealkylation sites (tertiary alicyclic amines) is 1. The smallest absolute Gasteiger partial charge is 0.320 e. The van der Waals surface area contributed by atoms with Crippen LogP contribution in [0.2, 0.25) is 0 Å². The van der Waals surface area contributed by atoms with Crippen LogP contribution in [0.25, 0.3) is 0 Å². The number of hydrogen-bond acceptors (Lipinski definition) is 2. The number of rotatable bonds is 1. The molecule has 2 unspecified atom stereocenters. The molecule has 1 saturated heterocycles. The molecule has 5 nitrogen and oxygen atoms in total. The van der Waals surface area contributed by atoms with Gasteiger partial charge in [-0.2, -0.15) is 0 Å². The van der Waals surface area contributed by atoms with Gasteiger partial charge in [-0.1, -0.05) is 11.6 Å². The highest BCUT2D eigenvalue weighted by Crippen LogP contribution is 2.24. The topological polar surface area (TPSA) is 60.9 Å². The molecule has 0 aromatic rings. The lowest BCUT2D eigenvalue weighted by Gasteiger charge is -2.40. The van der Waals surface area contributed by atoms with Crippen molar-refractivity contribution in [1.29, 1.82) is 0 Å². The van der Waals surface area contributed by atoms with E-state index in [4.69, 9.17) is 5.11 Å². The summed E-state index contributed by atoms with van der Waals surface area (Å²) in [6.45, 7) is 6.03. The summed E-state index contributed by atoms with van der Waals surface area (Å²) in [5.41, 5.74) is 1.33. The number of carboxylic acid groups (broad SMARTS) is 1. The van der Waals surface area contributed by atoms with Gasteiger partial charge in [0.15, 0.2) is 0 Å². The zero-order valence-electron chi connectivity index (χ0n) is 11.6. The summed E-state index contributed by atoms with van der Waals surface area (Å²) in [5, 5.41) is 9.04. The average Bonchev–Trinajstić information content (AvgIpc) is 2.38. The van der Waals surface area contributed by atoms with Gasteiger partial charge < -0.3 is 14.9 Å². The maximum atomic E-state index is 12.4. The molecular formula is C14H22N2O3. The summed E-state index contributed by atoms with van der Waals surface area (Å²) < 4.78 is 0. The van der Waals surface area contributed by atoms with Gasteiger partial charge in [-0.15, -0.1) is 0 Å². The van der Waals surface area contributed by atoms with Crippen molar-refractivity contribution in [2.24, 2.45) is 5.92 Å². The number of nitrogens with zero attached hydrogens (tertiary/aromatic N) is 2. The summed E-state index contributed by atoms with van der Waals surface area (Å²) in [7, 11) is 0. The highest BCUT2D eigenvalue weighted by molar-refractivity contribution is 5.76.